The van der Waals surface area contributed by atoms with Crippen molar-refractivity contribution in [3.05, 3.63) is 59.2 Å². The number of ether oxygens (including phenoxy) is 1. The number of nitrogens with zero attached hydrogens (tertiary/aromatic N) is 1. The first-order valence-corrected chi connectivity index (χ1v) is 15.2. The van der Waals surface area contributed by atoms with Crippen molar-refractivity contribution in [2.75, 3.05) is 6.61 Å². The first kappa shape index (κ1) is 27.3. The van der Waals surface area contributed by atoms with E-state index in [0.29, 0.717) is 18.1 Å². The lowest BCUT2D eigenvalue weighted by molar-refractivity contribution is 0.113. The van der Waals surface area contributed by atoms with Crippen LogP contribution in [0.3, 0.4) is 0 Å². The Labute approximate surface area is 228 Å². The molecule has 0 bridgehead atoms. The Morgan fingerprint density at radius 3 is 2.21 bits per heavy atom. The second kappa shape index (κ2) is 11.9. The molecule has 2 aromatic carbocycles. The summed E-state index contributed by atoms with van der Waals surface area (Å²) in [5.41, 5.74) is 2.12. The van der Waals surface area contributed by atoms with Crippen molar-refractivity contribution in [3.63, 3.8) is 0 Å². The van der Waals surface area contributed by atoms with Crippen molar-refractivity contribution in [2.24, 2.45) is 22.7 Å². The predicted octanol–water partition coefficient (Wildman–Crippen LogP) is 9.85. The molecule has 0 aromatic heterocycles. The fourth-order valence-electron chi connectivity index (χ4n) is 7.19. The van der Waals surface area contributed by atoms with Gasteiger partial charge in [-0.05, 0) is 98.4 Å². The third kappa shape index (κ3) is 6.32. The monoisotopic (exact) mass is 521 g/mol. The molecule has 0 saturated heterocycles. The first-order valence-electron chi connectivity index (χ1n) is 15.2. The molecular formula is C34H45F2NO. The van der Waals surface area contributed by atoms with Crippen LogP contribution in [0.2, 0.25) is 0 Å². The molecule has 2 aliphatic carbocycles. The number of rotatable bonds is 9. The highest BCUT2D eigenvalue weighted by Gasteiger charge is 2.36. The minimum atomic E-state index is -0.629. The zero-order chi connectivity index (χ0) is 26.7. The molecule has 38 heavy (non-hydrogen) atoms. The van der Waals surface area contributed by atoms with Gasteiger partial charge in [0.1, 0.15) is 23.8 Å². The van der Waals surface area contributed by atoms with Gasteiger partial charge in [0, 0.05) is 0 Å². The maximum absolute atomic E-state index is 15.0. The van der Waals surface area contributed by atoms with Crippen LogP contribution in [-0.4, -0.2) is 18.0 Å². The zero-order valence-corrected chi connectivity index (χ0v) is 23.6. The normalized spacial score (nSPS) is 26.5. The topological polar surface area (TPSA) is 21.6 Å². The summed E-state index contributed by atoms with van der Waals surface area (Å²) in [5, 5.41) is 0. The van der Waals surface area contributed by atoms with E-state index in [1.807, 2.05) is 26.0 Å². The molecule has 1 aliphatic heterocycles. The van der Waals surface area contributed by atoms with Crippen molar-refractivity contribution >= 4 is 5.90 Å². The van der Waals surface area contributed by atoms with Crippen LogP contribution in [-0.2, 0) is 4.74 Å². The summed E-state index contributed by atoms with van der Waals surface area (Å²) in [6, 6.07) is 11.2. The molecule has 3 aliphatic rings. The van der Waals surface area contributed by atoms with Crippen LogP contribution in [0.25, 0.3) is 11.1 Å². The van der Waals surface area contributed by atoms with Crippen molar-refractivity contribution in [2.45, 2.75) is 109 Å². The Balaban J connectivity index is 1.18. The number of aliphatic imine (C=N–C) groups is 1. The molecule has 206 valence electrons. The molecule has 2 fully saturated rings. The highest BCUT2D eigenvalue weighted by molar-refractivity contribution is 5.96. The van der Waals surface area contributed by atoms with Crippen LogP contribution in [0.1, 0.15) is 115 Å². The smallest absolute Gasteiger partial charge is 0.222 e. The zero-order valence-electron chi connectivity index (χ0n) is 23.6. The van der Waals surface area contributed by atoms with Gasteiger partial charge >= 0.3 is 0 Å². The minimum Gasteiger partial charge on any atom is -0.475 e. The summed E-state index contributed by atoms with van der Waals surface area (Å²) in [5.74, 6) is 2.15. The van der Waals surface area contributed by atoms with E-state index >= 15 is 0 Å². The molecule has 4 heteroatoms. The molecule has 0 amide bonds. The lowest BCUT2D eigenvalue weighted by atomic mass is 9.63. The fraction of sp³-hybridized carbons (Fsp3) is 0.618. The molecule has 5 rings (SSSR count). The lowest BCUT2D eigenvalue weighted by Crippen LogP contribution is -2.30. The lowest BCUT2D eigenvalue weighted by Gasteiger charge is -2.42. The largest absolute Gasteiger partial charge is 0.475 e. The Kier molecular flexibility index (Phi) is 8.55. The van der Waals surface area contributed by atoms with Gasteiger partial charge in [-0.25, -0.2) is 13.8 Å². The van der Waals surface area contributed by atoms with Crippen LogP contribution in [0.5, 0.6) is 0 Å². The van der Waals surface area contributed by atoms with Crippen LogP contribution in [0, 0.1) is 29.4 Å². The van der Waals surface area contributed by atoms with E-state index in [2.05, 4.69) is 24.0 Å². The van der Waals surface area contributed by atoms with E-state index in [1.165, 1.54) is 94.7 Å². The standard InChI is InChI=1S/C34H45F2NO/c1-4-5-6-7-8-9-23-10-11-28-19-27(17-16-26(28)18-23)24-12-14-25(15-13-24)29-20-30(35)32(31(36)21-29)33-37-34(2,3)22-38-33/h12-15,20-21,23,26-28H,4-11,16-19,22H2,1-3H3/t23?,26-,27-,28-/m1/s1. The van der Waals surface area contributed by atoms with Gasteiger partial charge in [0.2, 0.25) is 5.90 Å². The average molecular weight is 522 g/mol. The Morgan fingerprint density at radius 1 is 0.842 bits per heavy atom. The van der Waals surface area contributed by atoms with Gasteiger partial charge in [0.25, 0.3) is 0 Å². The molecule has 1 unspecified atom stereocenters. The number of unbranched alkanes of at least 4 members (excludes halogenated alkanes) is 4. The van der Waals surface area contributed by atoms with Gasteiger partial charge < -0.3 is 4.74 Å². The Hall–Kier alpha value is -2.23. The molecule has 2 aromatic rings. The van der Waals surface area contributed by atoms with E-state index in [0.717, 1.165) is 23.3 Å². The molecule has 2 nitrogen and oxygen atoms in total. The minimum absolute atomic E-state index is 0.0588. The molecule has 4 atom stereocenters. The van der Waals surface area contributed by atoms with Crippen LogP contribution in [0.4, 0.5) is 8.78 Å². The van der Waals surface area contributed by atoms with Gasteiger partial charge in [-0.15, -0.1) is 0 Å². The van der Waals surface area contributed by atoms with Gasteiger partial charge in [0.15, 0.2) is 0 Å². The van der Waals surface area contributed by atoms with E-state index in [4.69, 9.17) is 4.74 Å². The molecule has 0 spiro atoms. The number of halogens is 2. The fourth-order valence-corrected chi connectivity index (χ4v) is 7.19. The van der Waals surface area contributed by atoms with E-state index < -0.39 is 17.2 Å². The Bertz CT molecular complexity index is 1100. The summed E-state index contributed by atoms with van der Waals surface area (Å²) < 4.78 is 35.4. The van der Waals surface area contributed by atoms with Crippen molar-refractivity contribution in [1.29, 1.82) is 0 Å². The first-order chi connectivity index (χ1) is 18.3. The van der Waals surface area contributed by atoms with Gasteiger partial charge in [-0.3, -0.25) is 0 Å². The highest BCUT2D eigenvalue weighted by atomic mass is 19.1. The molecular weight excluding hydrogens is 476 g/mol. The average Bonchev–Trinajstić information content (AvgIpc) is 3.26. The summed E-state index contributed by atoms with van der Waals surface area (Å²) in [4.78, 5) is 4.35. The maximum atomic E-state index is 15.0. The SMILES string of the molecule is CCCCCCCC1CC[C@@H]2C[C@H](c3ccc(-c4cc(F)c(C5=NC(C)(C)CO5)c(F)c4)cc3)CC[C@@H]2C1. The number of hydrogen-bond acceptors (Lipinski definition) is 2. The number of hydrogen-bond donors (Lipinski definition) is 0. The second-order valence-electron chi connectivity index (χ2n) is 12.9. The summed E-state index contributed by atoms with van der Waals surface area (Å²) in [6.45, 7) is 6.39. The molecule has 0 radical (unpaired) electrons. The summed E-state index contributed by atoms with van der Waals surface area (Å²) >= 11 is 0. The van der Waals surface area contributed by atoms with Crippen molar-refractivity contribution in [3.8, 4) is 11.1 Å². The third-order valence-electron chi connectivity index (χ3n) is 9.38. The number of benzene rings is 2. The molecule has 1 heterocycles. The predicted molar refractivity (Wildman–Crippen MR) is 153 cm³/mol. The van der Waals surface area contributed by atoms with Gasteiger partial charge in [-0.1, -0.05) is 76.1 Å². The highest BCUT2D eigenvalue weighted by Crippen LogP contribution is 2.48. The van der Waals surface area contributed by atoms with E-state index in [1.54, 1.807) is 0 Å². The van der Waals surface area contributed by atoms with E-state index in [9.17, 15) is 8.78 Å². The van der Waals surface area contributed by atoms with Crippen LogP contribution >= 0.6 is 0 Å². The van der Waals surface area contributed by atoms with Gasteiger partial charge in [0.05, 0.1) is 5.54 Å². The number of fused-ring (bicyclic) bond motifs is 1. The van der Waals surface area contributed by atoms with Crippen molar-refractivity contribution in [1.82, 2.24) is 0 Å². The van der Waals surface area contributed by atoms with Crippen LogP contribution < -0.4 is 0 Å². The molecule has 2 saturated carbocycles. The van der Waals surface area contributed by atoms with Crippen LogP contribution in [0.15, 0.2) is 41.4 Å². The summed E-state index contributed by atoms with van der Waals surface area (Å²) in [6.07, 6.45) is 16.6. The van der Waals surface area contributed by atoms with Crippen molar-refractivity contribution < 1.29 is 13.5 Å². The second-order valence-corrected chi connectivity index (χ2v) is 12.9. The Morgan fingerprint density at radius 2 is 1.53 bits per heavy atom. The van der Waals surface area contributed by atoms with E-state index in [-0.39, 0.29) is 11.5 Å². The molecule has 0 N–H and O–H groups in total. The third-order valence-corrected chi connectivity index (χ3v) is 9.38. The van der Waals surface area contributed by atoms with Gasteiger partial charge in [-0.2, -0.15) is 0 Å². The maximum Gasteiger partial charge on any atom is 0.222 e. The quantitative estimate of drug-likeness (QED) is 0.301. The summed E-state index contributed by atoms with van der Waals surface area (Å²) in [7, 11) is 0.